The van der Waals surface area contributed by atoms with Crippen LogP contribution in [0.4, 0.5) is 5.69 Å². The number of thiophene rings is 1. The average Bonchev–Trinajstić information content (AvgIpc) is 3.04. The van der Waals surface area contributed by atoms with Crippen molar-refractivity contribution in [3.05, 3.63) is 49.8 Å². The van der Waals surface area contributed by atoms with Crippen LogP contribution in [-0.4, -0.2) is 10.1 Å². The van der Waals surface area contributed by atoms with Gasteiger partial charge in [-0.2, -0.15) is 4.98 Å². The van der Waals surface area contributed by atoms with Crippen molar-refractivity contribution >= 4 is 44.6 Å². The molecule has 0 aliphatic rings. The Morgan fingerprint density at radius 2 is 2.19 bits per heavy atom. The Hall–Kier alpha value is -1.37. The molecule has 0 atom stereocenters. The fourth-order valence-electron chi connectivity index (χ4n) is 1.89. The third kappa shape index (κ3) is 3.28. The molecule has 1 N–H and O–H groups in total. The van der Waals surface area contributed by atoms with Crippen molar-refractivity contribution in [2.45, 2.75) is 13.5 Å². The van der Waals surface area contributed by atoms with Gasteiger partial charge >= 0.3 is 0 Å². The summed E-state index contributed by atoms with van der Waals surface area (Å²) in [6.07, 6.45) is 0. The first kappa shape index (κ1) is 14.6. The number of anilines is 1. The summed E-state index contributed by atoms with van der Waals surface area (Å²) >= 11 is 11.0. The van der Waals surface area contributed by atoms with Crippen LogP contribution >= 0.6 is 38.9 Å². The van der Waals surface area contributed by atoms with Gasteiger partial charge in [-0.15, -0.1) is 11.3 Å². The van der Waals surface area contributed by atoms with E-state index in [1.54, 1.807) is 18.3 Å². The van der Waals surface area contributed by atoms with Gasteiger partial charge in [-0.3, -0.25) is 0 Å². The molecule has 3 rings (SSSR count). The van der Waals surface area contributed by atoms with Crippen molar-refractivity contribution in [2.24, 2.45) is 0 Å². The topological polar surface area (TPSA) is 51.0 Å². The molecule has 0 aliphatic carbocycles. The lowest BCUT2D eigenvalue weighted by Crippen LogP contribution is -1.99. The molecule has 0 aliphatic heterocycles. The molecule has 0 fully saturated rings. The molecule has 0 amide bonds. The van der Waals surface area contributed by atoms with Crippen molar-refractivity contribution in [1.82, 2.24) is 10.1 Å². The summed E-state index contributed by atoms with van der Waals surface area (Å²) in [5.74, 6) is 1.13. The minimum absolute atomic E-state index is 0.515. The van der Waals surface area contributed by atoms with E-state index in [1.165, 1.54) is 0 Å². The highest BCUT2D eigenvalue weighted by molar-refractivity contribution is 9.10. The van der Waals surface area contributed by atoms with Gasteiger partial charge < -0.3 is 9.84 Å². The van der Waals surface area contributed by atoms with Gasteiger partial charge in [0.25, 0.3) is 5.89 Å². The molecule has 4 nitrogen and oxygen atoms in total. The van der Waals surface area contributed by atoms with Crippen molar-refractivity contribution in [3.8, 4) is 11.5 Å². The first-order valence-corrected chi connectivity index (χ1v) is 8.19. The van der Waals surface area contributed by atoms with E-state index in [2.05, 4.69) is 31.4 Å². The Balaban J connectivity index is 1.82. The first-order chi connectivity index (χ1) is 10.1. The summed E-state index contributed by atoms with van der Waals surface area (Å²) in [6, 6.07) is 9.86. The minimum Gasteiger partial charge on any atom is -0.380 e. The predicted molar refractivity (Wildman–Crippen MR) is 88.8 cm³/mol. The van der Waals surface area contributed by atoms with Gasteiger partial charge in [0, 0.05) is 21.6 Å². The van der Waals surface area contributed by atoms with Gasteiger partial charge in [-0.1, -0.05) is 28.9 Å². The Morgan fingerprint density at radius 1 is 1.38 bits per heavy atom. The van der Waals surface area contributed by atoms with Gasteiger partial charge in [0.1, 0.15) is 4.34 Å². The largest absolute Gasteiger partial charge is 0.380 e. The van der Waals surface area contributed by atoms with Crippen LogP contribution in [0, 0.1) is 6.92 Å². The molecule has 2 heterocycles. The Kier molecular flexibility index (Phi) is 4.28. The van der Waals surface area contributed by atoms with E-state index >= 15 is 0 Å². The number of halogens is 2. The summed E-state index contributed by atoms with van der Waals surface area (Å²) in [5, 5.41) is 7.21. The monoisotopic (exact) mass is 383 g/mol. The Labute approximate surface area is 139 Å². The zero-order valence-corrected chi connectivity index (χ0v) is 14.2. The first-order valence-electron chi connectivity index (χ1n) is 6.21. The van der Waals surface area contributed by atoms with E-state index in [4.69, 9.17) is 16.1 Å². The third-order valence-electron chi connectivity index (χ3n) is 2.83. The van der Waals surface area contributed by atoms with E-state index in [-0.39, 0.29) is 0 Å². The van der Waals surface area contributed by atoms with Gasteiger partial charge in [0.05, 0.1) is 5.56 Å². The molecular weight excluding hydrogens is 374 g/mol. The summed E-state index contributed by atoms with van der Waals surface area (Å²) in [4.78, 5) is 5.41. The minimum atomic E-state index is 0.515. The number of aromatic nitrogens is 2. The lowest BCUT2D eigenvalue weighted by molar-refractivity contribution is 0.426. The second-order valence-electron chi connectivity index (χ2n) is 4.38. The van der Waals surface area contributed by atoms with Crippen LogP contribution < -0.4 is 5.32 Å². The zero-order chi connectivity index (χ0) is 14.8. The van der Waals surface area contributed by atoms with Gasteiger partial charge in [0.2, 0.25) is 0 Å². The Bertz CT molecular complexity index is 752. The number of hydrogen-bond donors (Lipinski definition) is 1. The van der Waals surface area contributed by atoms with E-state index in [1.807, 2.05) is 30.3 Å². The third-order valence-corrected chi connectivity index (χ3v) is 5.31. The quantitative estimate of drug-likeness (QED) is 0.677. The highest BCUT2D eigenvalue weighted by Gasteiger charge is 2.11. The molecule has 1 aromatic carbocycles. The number of nitrogens with one attached hydrogen (secondary N) is 1. The molecular formula is C14H11BrClN3OS. The van der Waals surface area contributed by atoms with Crippen molar-refractivity contribution in [1.29, 1.82) is 0 Å². The van der Waals surface area contributed by atoms with Crippen molar-refractivity contribution in [2.75, 3.05) is 5.32 Å². The zero-order valence-electron chi connectivity index (χ0n) is 11.1. The second kappa shape index (κ2) is 6.17. The maximum Gasteiger partial charge on any atom is 0.260 e. The SMILES string of the molecule is Cc1noc(-c2ccccc2NCc2cc(Br)c(Cl)s2)n1. The molecule has 7 heteroatoms. The molecule has 0 bridgehead atoms. The fraction of sp³-hybridized carbons (Fsp3) is 0.143. The summed E-state index contributed by atoms with van der Waals surface area (Å²) < 4.78 is 6.92. The van der Waals surface area contributed by atoms with E-state index in [0.29, 0.717) is 18.3 Å². The molecule has 21 heavy (non-hydrogen) atoms. The highest BCUT2D eigenvalue weighted by Crippen LogP contribution is 2.33. The summed E-state index contributed by atoms with van der Waals surface area (Å²) in [6.45, 7) is 2.48. The average molecular weight is 385 g/mol. The highest BCUT2D eigenvalue weighted by atomic mass is 79.9. The van der Waals surface area contributed by atoms with Crippen LogP contribution in [0.25, 0.3) is 11.5 Å². The summed E-state index contributed by atoms with van der Waals surface area (Å²) in [7, 11) is 0. The number of para-hydroxylation sites is 1. The number of hydrogen-bond acceptors (Lipinski definition) is 5. The van der Waals surface area contributed by atoms with Crippen LogP contribution in [-0.2, 0) is 6.54 Å². The van der Waals surface area contributed by atoms with Gasteiger partial charge in [-0.25, -0.2) is 0 Å². The Morgan fingerprint density at radius 3 is 2.86 bits per heavy atom. The number of aryl methyl sites for hydroxylation is 1. The lowest BCUT2D eigenvalue weighted by atomic mass is 10.1. The maximum absolute atomic E-state index is 6.05. The fourth-order valence-corrected chi connectivity index (χ4v) is 3.62. The lowest BCUT2D eigenvalue weighted by Gasteiger charge is -2.08. The van der Waals surface area contributed by atoms with E-state index in [9.17, 15) is 0 Å². The van der Waals surface area contributed by atoms with Crippen LogP contribution in [0.5, 0.6) is 0 Å². The van der Waals surface area contributed by atoms with Crippen LogP contribution in [0.2, 0.25) is 4.34 Å². The normalized spacial score (nSPS) is 10.8. The standard InChI is InChI=1S/C14H11BrClN3OS/c1-8-18-14(20-19-8)10-4-2-3-5-12(10)17-7-9-6-11(15)13(16)21-9/h2-6,17H,7H2,1H3. The maximum atomic E-state index is 6.05. The molecule has 0 saturated heterocycles. The van der Waals surface area contributed by atoms with E-state index < -0.39 is 0 Å². The molecule has 0 radical (unpaired) electrons. The molecule has 0 saturated carbocycles. The van der Waals surface area contributed by atoms with Crippen molar-refractivity contribution in [3.63, 3.8) is 0 Å². The van der Waals surface area contributed by atoms with Crippen molar-refractivity contribution < 1.29 is 4.52 Å². The van der Waals surface area contributed by atoms with Gasteiger partial charge in [0.15, 0.2) is 5.82 Å². The predicted octanol–water partition coefficient (Wildman–Crippen LogP) is 5.13. The van der Waals surface area contributed by atoms with Crippen LogP contribution in [0.1, 0.15) is 10.7 Å². The number of benzene rings is 1. The molecule has 3 aromatic rings. The number of rotatable bonds is 4. The summed E-state index contributed by atoms with van der Waals surface area (Å²) in [5.41, 5.74) is 1.83. The van der Waals surface area contributed by atoms with Gasteiger partial charge in [-0.05, 0) is 41.1 Å². The molecule has 0 spiro atoms. The number of nitrogens with zero attached hydrogens (tertiary/aromatic N) is 2. The molecule has 108 valence electrons. The molecule has 0 unspecified atom stereocenters. The van der Waals surface area contributed by atoms with E-state index in [0.717, 1.165) is 24.9 Å². The second-order valence-corrected chi connectivity index (χ2v) is 6.97. The molecule has 2 aromatic heterocycles. The smallest absolute Gasteiger partial charge is 0.260 e. The van der Waals surface area contributed by atoms with Crippen LogP contribution in [0.15, 0.2) is 39.3 Å². The van der Waals surface area contributed by atoms with Crippen LogP contribution in [0.3, 0.4) is 0 Å².